The molecule has 0 atom stereocenters. The van der Waals surface area contributed by atoms with Gasteiger partial charge in [0.2, 0.25) is 0 Å². The number of anilines is 1. The van der Waals surface area contributed by atoms with Crippen molar-refractivity contribution in [1.82, 2.24) is 9.78 Å². The summed E-state index contributed by atoms with van der Waals surface area (Å²) in [5, 5.41) is 7.12. The first-order valence-electron chi connectivity index (χ1n) is 7.90. The fourth-order valence-electron chi connectivity index (χ4n) is 2.54. The topological polar surface area (TPSA) is 56.2 Å². The van der Waals surface area contributed by atoms with Crippen molar-refractivity contribution in [2.75, 3.05) is 12.4 Å². The van der Waals surface area contributed by atoms with Gasteiger partial charge in [-0.25, -0.2) is 4.39 Å². The van der Waals surface area contributed by atoms with E-state index < -0.39 is 0 Å². The van der Waals surface area contributed by atoms with Crippen molar-refractivity contribution in [3.8, 4) is 17.0 Å². The molecular formula is C19H18FN3O2. The zero-order valence-corrected chi connectivity index (χ0v) is 14.0. The summed E-state index contributed by atoms with van der Waals surface area (Å²) < 4.78 is 20.3. The summed E-state index contributed by atoms with van der Waals surface area (Å²) in [6.45, 7) is 2.48. The van der Waals surface area contributed by atoms with Crippen LogP contribution in [0.2, 0.25) is 0 Å². The SMILES string of the molecule is CCn1nc(C(=O)Nc2cccc(OC)c2)cc1-c1cccc(F)c1. The van der Waals surface area contributed by atoms with Gasteiger partial charge in [-0.15, -0.1) is 0 Å². The zero-order chi connectivity index (χ0) is 17.8. The maximum atomic E-state index is 13.5. The molecule has 0 saturated carbocycles. The molecule has 0 saturated heterocycles. The van der Waals surface area contributed by atoms with Crippen molar-refractivity contribution in [2.45, 2.75) is 13.5 Å². The van der Waals surface area contributed by atoms with E-state index in [1.807, 2.05) is 6.92 Å². The highest BCUT2D eigenvalue weighted by Gasteiger charge is 2.15. The van der Waals surface area contributed by atoms with Crippen LogP contribution in [0.1, 0.15) is 17.4 Å². The molecule has 1 amide bonds. The highest BCUT2D eigenvalue weighted by atomic mass is 19.1. The molecule has 128 valence electrons. The summed E-state index contributed by atoms with van der Waals surface area (Å²) in [4.78, 5) is 12.5. The van der Waals surface area contributed by atoms with Gasteiger partial charge in [-0.3, -0.25) is 9.48 Å². The second kappa shape index (κ2) is 7.17. The third-order valence-corrected chi connectivity index (χ3v) is 3.76. The van der Waals surface area contributed by atoms with E-state index in [2.05, 4.69) is 10.4 Å². The van der Waals surface area contributed by atoms with E-state index in [1.54, 1.807) is 54.3 Å². The van der Waals surface area contributed by atoms with Crippen LogP contribution in [0.5, 0.6) is 5.75 Å². The van der Waals surface area contributed by atoms with Crippen molar-refractivity contribution in [3.63, 3.8) is 0 Å². The van der Waals surface area contributed by atoms with Crippen molar-refractivity contribution in [1.29, 1.82) is 0 Å². The largest absolute Gasteiger partial charge is 0.497 e. The number of methoxy groups -OCH3 is 1. The molecule has 6 heteroatoms. The molecular weight excluding hydrogens is 321 g/mol. The number of hydrogen-bond donors (Lipinski definition) is 1. The first-order valence-corrected chi connectivity index (χ1v) is 7.90. The van der Waals surface area contributed by atoms with E-state index in [9.17, 15) is 9.18 Å². The molecule has 0 unspecified atom stereocenters. The molecule has 0 bridgehead atoms. The van der Waals surface area contributed by atoms with E-state index in [-0.39, 0.29) is 17.4 Å². The van der Waals surface area contributed by atoms with Crippen LogP contribution in [0.25, 0.3) is 11.3 Å². The van der Waals surface area contributed by atoms with E-state index in [4.69, 9.17) is 4.74 Å². The van der Waals surface area contributed by atoms with Crippen LogP contribution >= 0.6 is 0 Å². The first-order chi connectivity index (χ1) is 12.1. The van der Waals surface area contributed by atoms with Gasteiger partial charge in [0.05, 0.1) is 12.8 Å². The summed E-state index contributed by atoms with van der Waals surface area (Å²) in [5.41, 5.74) is 2.25. The minimum absolute atomic E-state index is 0.268. The molecule has 1 aromatic heterocycles. The molecule has 1 heterocycles. The number of aromatic nitrogens is 2. The number of nitrogens with zero attached hydrogens (tertiary/aromatic N) is 2. The molecule has 0 aliphatic rings. The molecule has 3 aromatic rings. The molecule has 0 aliphatic heterocycles. The standard InChI is InChI=1S/C19H18FN3O2/c1-3-23-18(13-6-4-7-14(20)10-13)12-17(22-23)19(24)21-15-8-5-9-16(11-15)25-2/h4-12H,3H2,1-2H3,(H,21,24). The lowest BCUT2D eigenvalue weighted by atomic mass is 10.1. The number of rotatable bonds is 5. The fourth-order valence-corrected chi connectivity index (χ4v) is 2.54. The highest BCUT2D eigenvalue weighted by Crippen LogP contribution is 2.23. The van der Waals surface area contributed by atoms with Gasteiger partial charge in [0, 0.05) is 23.9 Å². The Morgan fingerprint density at radius 1 is 1.20 bits per heavy atom. The lowest BCUT2D eigenvalue weighted by Gasteiger charge is -2.05. The summed E-state index contributed by atoms with van der Waals surface area (Å²) in [6.07, 6.45) is 0. The number of benzene rings is 2. The van der Waals surface area contributed by atoms with Crippen LogP contribution in [0.3, 0.4) is 0 Å². The van der Waals surface area contributed by atoms with Crippen LogP contribution in [0.4, 0.5) is 10.1 Å². The molecule has 2 aromatic carbocycles. The van der Waals surface area contributed by atoms with Gasteiger partial charge in [0.15, 0.2) is 5.69 Å². The third kappa shape index (κ3) is 3.68. The Hall–Kier alpha value is -3.15. The minimum atomic E-state index is -0.335. The van der Waals surface area contributed by atoms with Crippen molar-refractivity contribution in [2.24, 2.45) is 0 Å². The molecule has 1 N–H and O–H groups in total. The van der Waals surface area contributed by atoms with Crippen molar-refractivity contribution >= 4 is 11.6 Å². The number of aryl methyl sites for hydroxylation is 1. The van der Waals surface area contributed by atoms with Crippen LogP contribution < -0.4 is 10.1 Å². The Labute approximate surface area is 145 Å². The lowest BCUT2D eigenvalue weighted by Crippen LogP contribution is -2.13. The van der Waals surface area contributed by atoms with Gasteiger partial charge in [0.1, 0.15) is 11.6 Å². The average Bonchev–Trinajstić information content (AvgIpc) is 3.06. The second-order valence-electron chi connectivity index (χ2n) is 5.43. The van der Waals surface area contributed by atoms with E-state index in [0.29, 0.717) is 29.2 Å². The Bertz CT molecular complexity index is 905. The number of nitrogens with one attached hydrogen (secondary N) is 1. The number of hydrogen-bond acceptors (Lipinski definition) is 3. The highest BCUT2D eigenvalue weighted by molar-refractivity contribution is 6.03. The minimum Gasteiger partial charge on any atom is -0.497 e. The normalized spacial score (nSPS) is 10.5. The van der Waals surface area contributed by atoms with E-state index in [1.165, 1.54) is 12.1 Å². The molecule has 0 spiro atoms. The van der Waals surface area contributed by atoms with Crippen LogP contribution in [-0.4, -0.2) is 22.8 Å². The second-order valence-corrected chi connectivity index (χ2v) is 5.43. The molecule has 5 nitrogen and oxygen atoms in total. The van der Waals surface area contributed by atoms with Crippen LogP contribution in [-0.2, 0) is 6.54 Å². The Morgan fingerprint density at radius 3 is 2.72 bits per heavy atom. The summed E-state index contributed by atoms with van der Waals surface area (Å²) in [6, 6.07) is 15.0. The first kappa shape index (κ1) is 16.7. The maximum Gasteiger partial charge on any atom is 0.276 e. The van der Waals surface area contributed by atoms with Gasteiger partial charge < -0.3 is 10.1 Å². The predicted molar refractivity (Wildman–Crippen MR) is 94.2 cm³/mol. The number of amides is 1. The number of halogens is 1. The molecule has 0 fully saturated rings. The predicted octanol–water partition coefficient (Wildman–Crippen LogP) is 3.97. The molecule has 0 aliphatic carbocycles. The molecule has 3 rings (SSSR count). The summed E-state index contributed by atoms with van der Waals surface area (Å²) in [7, 11) is 1.56. The Morgan fingerprint density at radius 2 is 2.00 bits per heavy atom. The van der Waals surface area contributed by atoms with E-state index >= 15 is 0 Å². The van der Waals surface area contributed by atoms with Crippen molar-refractivity contribution < 1.29 is 13.9 Å². The zero-order valence-electron chi connectivity index (χ0n) is 14.0. The molecule has 0 radical (unpaired) electrons. The van der Waals surface area contributed by atoms with Crippen LogP contribution in [0.15, 0.2) is 54.6 Å². The summed E-state index contributed by atoms with van der Waals surface area (Å²) >= 11 is 0. The maximum absolute atomic E-state index is 13.5. The monoisotopic (exact) mass is 339 g/mol. The quantitative estimate of drug-likeness (QED) is 0.765. The fraction of sp³-hybridized carbons (Fsp3) is 0.158. The third-order valence-electron chi connectivity index (χ3n) is 3.76. The molecule has 25 heavy (non-hydrogen) atoms. The van der Waals surface area contributed by atoms with Gasteiger partial charge in [0.25, 0.3) is 5.91 Å². The van der Waals surface area contributed by atoms with E-state index in [0.717, 1.165) is 0 Å². The van der Waals surface area contributed by atoms with Crippen LogP contribution in [0, 0.1) is 5.82 Å². The summed E-state index contributed by atoms with van der Waals surface area (Å²) in [5.74, 6) is -0.0146. The van der Waals surface area contributed by atoms with Crippen molar-refractivity contribution in [3.05, 3.63) is 66.1 Å². The number of carbonyl (C=O) groups is 1. The Balaban J connectivity index is 1.88. The lowest BCUT2D eigenvalue weighted by molar-refractivity contribution is 0.102. The van der Waals surface area contributed by atoms with Gasteiger partial charge >= 0.3 is 0 Å². The average molecular weight is 339 g/mol. The Kier molecular flexibility index (Phi) is 4.79. The van der Waals surface area contributed by atoms with Gasteiger partial charge in [-0.2, -0.15) is 5.10 Å². The number of ether oxygens (including phenoxy) is 1. The van der Waals surface area contributed by atoms with Gasteiger partial charge in [-0.05, 0) is 37.3 Å². The smallest absolute Gasteiger partial charge is 0.276 e. The number of carbonyl (C=O) groups excluding carboxylic acids is 1. The van der Waals surface area contributed by atoms with Gasteiger partial charge in [-0.1, -0.05) is 18.2 Å².